The van der Waals surface area contributed by atoms with E-state index in [1.54, 1.807) is 11.8 Å². The van der Waals surface area contributed by atoms with Crippen molar-refractivity contribution in [3.8, 4) is 0 Å². The Morgan fingerprint density at radius 3 is 2.92 bits per heavy atom. The quantitative estimate of drug-likeness (QED) is 0.453. The summed E-state index contributed by atoms with van der Waals surface area (Å²) in [5.41, 5.74) is -0.146. The van der Waals surface area contributed by atoms with Gasteiger partial charge in [-0.05, 0) is 33.1 Å². The second-order valence-corrected chi connectivity index (χ2v) is 6.14. The lowest BCUT2D eigenvalue weighted by Gasteiger charge is -2.32. The Labute approximate surface area is 146 Å². The van der Waals surface area contributed by atoms with E-state index >= 15 is 0 Å². The van der Waals surface area contributed by atoms with Gasteiger partial charge < -0.3 is 15.0 Å². The number of aromatic nitrogens is 2. The molecule has 9 nitrogen and oxygen atoms in total. The molecule has 0 radical (unpaired) electrons. The summed E-state index contributed by atoms with van der Waals surface area (Å²) in [5.74, 6) is -0.0986. The van der Waals surface area contributed by atoms with Gasteiger partial charge in [-0.1, -0.05) is 6.92 Å². The van der Waals surface area contributed by atoms with E-state index in [2.05, 4.69) is 15.3 Å². The summed E-state index contributed by atoms with van der Waals surface area (Å²) in [5, 5.41) is 14.7. The maximum atomic E-state index is 12.0. The molecule has 1 saturated heterocycles. The maximum Gasteiger partial charge on any atom is 0.353 e. The van der Waals surface area contributed by atoms with Gasteiger partial charge in [0.2, 0.25) is 11.6 Å². The van der Waals surface area contributed by atoms with Crippen LogP contribution in [0.2, 0.25) is 0 Å². The van der Waals surface area contributed by atoms with Crippen LogP contribution in [0.1, 0.15) is 40.0 Å². The number of carbonyl (C=O) groups is 1. The number of nitrogens with one attached hydrogen (secondary N) is 1. The van der Waals surface area contributed by atoms with Gasteiger partial charge in [0.15, 0.2) is 0 Å². The zero-order chi connectivity index (χ0) is 18.4. The molecule has 0 bridgehead atoms. The topological polar surface area (TPSA) is 110 Å². The molecule has 9 heteroatoms. The van der Waals surface area contributed by atoms with Crippen molar-refractivity contribution in [2.75, 3.05) is 29.9 Å². The number of hydrogen-bond donors (Lipinski definition) is 1. The van der Waals surface area contributed by atoms with Gasteiger partial charge in [-0.15, -0.1) is 0 Å². The molecule has 1 aromatic heterocycles. The normalized spacial score (nSPS) is 18.5. The highest BCUT2D eigenvalue weighted by Gasteiger charge is 2.33. The number of esters is 1. The number of carbonyl (C=O) groups excluding carboxylic acids is 1. The first kappa shape index (κ1) is 18.9. The molecule has 1 N–H and O–H groups in total. The molecule has 0 aromatic carbocycles. The SMILES string of the molecule is CCOC(=O)C1CCCN(c2ncnc(NC(C)CC)c2[N+](=O)[O-])C1. The van der Waals surface area contributed by atoms with Crippen LogP contribution in [0, 0.1) is 16.0 Å². The fourth-order valence-corrected chi connectivity index (χ4v) is 2.83. The Bertz CT molecular complexity index is 625. The number of nitro groups is 1. The van der Waals surface area contributed by atoms with Crippen LogP contribution < -0.4 is 10.2 Å². The summed E-state index contributed by atoms with van der Waals surface area (Å²) in [6.45, 7) is 6.98. The molecule has 0 spiro atoms. The highest BCUT2D eigenvalue weighted by atomic mass is 16.6. The van der Waals surface area contributed by atoms with Crippen molar-refractivity contribution < 1.29 is 14.5 Å². The number of piperidine rings is 1. The minimum absolute atomic E-state index is 0.0510. The molecule has 1 aliphatic heterocycles. The smallest absolute Gasteiger partial charge is 0.353 e. The number of anilines is 2. The van der Waals surface area contributed by atoms with Crippen molar-refractivity contribution in [1.82, 2.24) is 9.97 Å². The largest absolute Gasteiger partial charge is 0.466 e. The third-order valence-electron chi connectivity index (χ3n) is 4.32. The molecule has 1 aliphatic rings. The molecule has 2 heterocycles. The predicted molar refractivity (Wildman–Crippen MR) is 93.6 cm³/mol. The standard InChI is InChI=1S/C16H25N5O4/c1-4-11(3)19-14-13(21(23)24)15(18-10-17-14)20-8-6-7-12(9-20)16(22)25-5-2/h10-12H,4-9H2,1-3H3,(H,17,18,19). The predicted octanol–water partition coefficient (Wildman–Crippen LogP) is 2.37. The van der Waals surface area contributed by atoms with Crippen LogP contribution in [0.15, 0.2) is 6.33 Å². The summed E-state index contributed by atoms with van der Waals surface area (Å²) in [4.78, 5) is 33.2. The molecular weight excluding hydrogens is 326 g/mol. The van der Waals surface area contributed by atoms with E-state index in [0.29, 0.717) is 26.1 Å². The lowest BCUT2D eigenvalue weighted by molar-refractivity contribution is -0.383. The van der Waals surface area contributed by atoms with Crippen LogP contribution in [0.4, 0.5) is 17.3 Å². The Balaban J connectivity index is 2.29. The molecular formula is C16H25N5O4. The van der Waals surface area contributed by atoms with Crippen LogP contribution in [-0.2, 0) is 9.53 Å². The van der Waals surface area contributed by atoms with Crippen LogP contribution in [0.3, 0.4) is 0 Å². The summed E-state index contributed by atoms with van der Waals surface area (Å²) < 4.78 is 5.09. The first-order valence-corrected chi connectivity index (χ1v) is 8.65. The van der Waals surface area contributed by atoms with E-state index in [9.17, 15) is 14.9 Å². The molecule has 2 atom stereocenters. The summed E-state index contributed by atoms with van der Waals surface area (Å²) >= 11 is 0. The van der Waals surface area contributed by atoms with Gasteiger partial charge in [0.05, 0.1) is 17.4 Å². The fraction of sp³-hybridized carbons (Fsp3) is 0.688. The van der Waals surface area contributed by atoms with E-state index in [4.69, 9.17) is 4.74 Å². The van der Waals surface area contributed by atoms with Gasteiger partial charge in [0, 0.05) is 19.1 Å². The van der Waals surface area contributed by atoms with Gasteiger partial charge in [0.1, 0.15) is 6.33 Å². The van der Waals surface area contributed by atoms with E-state index in [0.717, 1.165) is 12.8 Å². The second kappa shape index (κ2) is 8.59. The minimum Gasteiger partial charge on any atom is -0.466 e. The molecule has 2 rings (SSSR count). The van der Waals surface area contributed by atoms with Gasteiger partial charge >= 0.3 is 11.7 Å². The number of hydrogen-bond acceptors (Lipinski definition) is 8. The van der Waals surface area contributed by atoms with E-state index in [1.807, 2.05) is 13.8 Å². The fourth-order valence-electron chi connectivity index (χ4n) is 2.83. The third-order valence-corrected chi connectivity index (χ3v) is 4.32. The van der Waals surface area contributed by atoms with E-state index in [1.165, 1.54) is 6.33 Å². The molecule has 1 aromatic rings. The first-order valence-electron chi connectivity index (χ1n) is 8.65. The van der Waals surface area contributed by atoms with Crippen molar-refractivity contribution in [1.29, 1.82) is 0 Å². The zero-order valence-electron chi connectivity index (χ0n) is 14.9. The zero-order valence-corrected chi connectivity index (χ0v) is 14.9. The van der Waals surface area contributed by atoms with Crippen LogP contribution in [0.5, 0.6) is 0 Å². The van der Waals surface area contributed by atoms with Crippen LogP contribution in [-0.4, -0.2) is 46.6 Å². The average molecular weight is 351 g/mol. The molecule has 138 valence electrons. The first-order chi connectivity index (χ1) is 12.0. The summed E-state index contributed by atoms with van der Waals surface area (Å²) in [6.07, 6.45) is 3.59. The molecule has 1 fully saturated rings. The van der Waals surface area contributed by atoms with Gasteiger partial charge in [-0.25, -0.2) is 9.97 Å². The highest BCUT2D eigenvalue weighted by Crippen LogP contribution is 2.34. The Kier molecular flexibility index (Phi) is 6.49. The number of nitrogens with zero attached hydrogens (tertiary/aromatic N) is 4. The highest BCUT2D eigenvalue weighted by molar-refractivity contribution is 5.75. The molecule has 0 saturated carbocycles. The van der Waals surface area contributed by atoms with Crippen molar-refractivity contribution in [2.45, 2.75) is 46.1 Å². The molecule has 25 heavy (non-hydrogen) atoms. The number of rotatable bonds is 7. The van der Waals surface area contributed by atoms with Crippen molar-refractivity contribution in [3.63, 3.8) is 0 Å². The van der Waals surface area contributed by atoms with Gasteiger partial charge in [0.25, 0.3) is 0 Å². The molecule has 0 aliphatic carbocycles. The van der Waals surface area contributed by atoms with Crippen LogP contribution in [0.25, 0.3) is 0 Å². The van der Waals surface area contributed by atoms with Gasteiger partial charge in [-0.2, -0.15) is 0 Å². The Morgan fingerprint density at radius 2 is 2.28 bits per heavy atom. The second-order valence-electron chi connectivity index (χ2n) is 6.14. The number of ether oxygens (including phenoxy) is 1. The molecule has 0 amide bonds. The lowest BCUT2D eigenvalue weighted by atomic mass is 9.98. The third kappa shape index (κ3) is 4.55. The molecule has 2 unspecified atom stereocenters. The maximum absolute atomic E-state index is 12.0. The Hall–Kier alpha value is -2.45. The van der Waals surface area contributed by atoms with Crippen molar-refractivity contribution in [3.05, 3.63) is 16.4 Å². The van der Waals surface area contributed by atoms with Gasteiger partial charge in [-0.3, -0.25) is 14.9 Å². The summed E-state index contributed by atoms with van der Waals surface area (Å²) in [7, 11) is 0. The average Bonchev–Trinajstić information content (AvgIpc) is 2.61. The van der Waals surface area contributed by atoms with Crippen molar-refractivity contribution in [2.24, 2.45) is 5.92 Å². The van der Waals surface area contributed by atoms with Crippen LogP contribution >= 0.6 is 0 Å². The minimum atomic E-state index is -0.464. The lowest BCUT2D eigenvalue weighted by Crippen LogP contribution is -2.40. The van der Waals surface area contributed by atoms with E-state index < -0.39 is 4.92 Å². The summed E-state index contributed by atoms with van der Waals surface area (Å²) in [6, 6.07) is 0.0510. The van der Waals surface area contributed by atoms with E-state index in [-0.39, 0.29) is 35.3 Å². The monoisotopic (exact) mass is 351 g/mol. The van der Waals surface area contributed by atoms with Crippen molar-refractivity contribution >= 4 is 23.3 Å². The Morgan fingerprint density at radius 1 is 1.52 bits per heavy atom.